The van der Waals surface area contributed by atoms with Gasteiger partial charge in [0.15, 0.2) is 0 Å². The topological polar surface area (TPSA) is 77.8 Å². The lowest BCUT2D eigenvalue weighted by Gasteiger charge is -2.02. The van der Waals surface area contributed by atoms with Crippen LogP contribution >= 0.6 is 23.4 Å². The number of halogens is 1. The molecule has 0 aliphatic carbocycles. The molecule has 1 unspecified atom stereocenters. The summed E-state index contributed by atoms with van der Waals surface area (Å²) in [6.07, 6.45) is 0. The molecule has 0 fully saturated rings. The first kappa shape index (κ1) is 17.8. The van der Waals surface area contributed by atoms with Gasteiger partial charge < -0.3 is 8.83 Å². The predicted octanol–water partition coefficient (Wildman–Crippen LogP) is 5.60. The summed E-state index contributed by atoms with van der Waals surface area (Å²) < 4.78 is 11.5. The lowest BCUT2D eigenvalue weighted by molar-refractivity contribution is 0.461. The van der Waals surface area contributed by atoms with Crippen LogP contribution in [0.1, 0.15) is 23.6 Å². The van der Waals surface area contributed by atoms with Gasteiger partial charge >= 0.3 is 0 Å². The van der Waals surface area contributed by atoms with Gasteiger partial charge in [0.05, 0.1) is 5.25 Å². The lowest BCUT2D eigenvalue weighted by atomic mass is 10.1. The Labute approximate surface area is 165 Å². The van der Waals surface area contributed by atoms with Crippen molar-refractivity contribution in [1.82, 2.24) is 20.4 Å². The summed E-state index contributed by atoms with van der Waals surface area (Å²) >= 11 is 7.26. The Bertz CT molecular complexity index is 1040. The molecule has 0 amide bonds. The number of benzene rings is 2. The molecule has 2 aromatic heterocycles. The number of aryl methyl sites for hydroxylation is 1. The van der Waals surface area contributed by atoms with E-state index in [4.69, 9.17) is 20.4 Å². The average Bonchev–Trinajstić information content (AvgIpc) is 3.33. The molecule has 1 atom stereocenters. The maximum Gasteiger partial charge on any atom is 0.277 e. The first-order valence-electron chi connectivity index (χ1n) is 8.25. The molecule has 4 aromatic rings. The van der Waals surface area contributed by atoms with E-state index in [1.54, 1.807) is 12.1 Å². The third kappa shape index (κ3) is 4.04. The van der Waals surface area contributed by atoms with Crippen molar-refractivity contribution < 1.29 is 8.83 Å². The van der Waals surface area contributed by atoms with Gasteiger partial charge in [-0.05, 0) is 50.2 Å². The molecule has 0 saturated carbocycles. The minimum absolute atomic E-state index is 0.129. The SMILES string of the molecule is Cc1ccc(-c2nnc(C(C)Sc3nnc(-c4ccc(Cl)cc4)o3)o2)cc1. The van der Waals surface area contributed by atoms with Crippen molar-refractivity contribution in [3.8, 4) is 22.9 Å². The quantitative estimate of drug-likeness (QED) is 0.405. The molecule has 4 rings (SSSR count). The summed E-state index contributed by atoms with van der Waals surface area (Å²) in [4.78, 5) is 0. The van der Waals surface area contributed by atoms with Gasteiger partial charge in [0.1, 0.15) is 0 Å². The second-order valence-electron chi connectivity index (χ2n) is 5.95. The zero-order chi connectivity index (χ0) is 18.8. The lowest BCUT2D eigenvalue weighted by Crippen LogP contribution is -1.88. The van der Waals surface area contributed by atoms with E-state index in [1.165, 1.54) is 17.3 Å². The molecule has 0 spiro atoms. The summed E-state index contributed by atoms with van der Waals surface area (Å²) in [5.41, 5.74) is 2.88. The van der Waals surface area contributed by atoms with E-state index in [0.717, 1.165) is 11.1 Å². The molecular weight excluding hydrogens is 384 g/mol. The summed E-state index contributed by atoms with van der Waals surface area (Å²) in [5, 5.41) is 17.4. The molecule has 0 aliphatic rings. The molecule has 8 heteroatoms. The summed E-state index contributed by atoms with van der Waals surface area (Å²) in [5.74, 6) is 1.43. The fraction of sp³-hybridized carbons (Fsp3) is 0.158. The van der Waals surface area contributed by atoms with E-state index in [2.05, 4.69) is 20.4 Å². The summed E-state index contributed by atoms with van der Waals surface area (Å²) in [6.45, 7) is 3.98. The standard InChI is InChI=1S/C19H15ClN4O2S/c1-11-3-5-13(6-4-11)17-22-21-16(25-17)12(2)27-19-24-23-18(26-19)14-7-9-15(20)10-8-14/h3-10,12H,1-2H3. The summed E-state index contributed by atoms with van der Waals surface area (Å²) in [7, 11) is 0. The highest BCUT2D eigenvalue weighted by Crippen LogP contribution is 2.35. The third-order valence-corrected chi connectivity index (χ3v) is 5.04. The highest BCUT2D eigenvalue weighted by atomic mass is 35.5. The van der Waals surface area contributed by atoms with E-state index >= 15 is 0 Å². The van der Waals surface area contributed by atoms with Crippen molar-refractivity contribution in [2.75, 3.05) is 0 Å². The number of aromatic nitrogens is 4. The Hall–Kier alpha value is -2.64. The van der Waals surface area contributed by atoms with E-state index in [0.29, 0.717) is 27.9 Å². The van der Waals surface area contributed by atoms with Gasteiger partial charge in [-0.1, -0.05) is 41.1 Å². The molecule has 6 nitrogen and oxygen atoms in total. The van der Waals surface area contributed by atoms with Crippen LogP contribution < -0.4 is 0 Å². The fourth-order valence-corrected chi connectivity index (χ4v) is 3.22. The van der Waals surface area contributed by atoms with Crippen LogP contribution in [0.3, 0.4) is 0 Å². The summed E-state index contributed by atoms with van der Waals surface area (Å²) in [6, 6.07) is 15.2. The Kier molecular flexibility index (Phi) is 4.96. The van der Waals surface area contributed by atoms with Gasteiger partial charge in [-0.15, -0.1) is 20.4 Å². The van der Waals surface area contributed by atoms with Crippen molar-refractivity contribution >= 4 is 23.4 Å². The zero-order valence-electron chi connectivity index (χ0n) is 14.6. The Balaban J connectivity index is 1.47. The third-order valence-electron chi connectivity index (χ3n) is 3.86. The van der Waals surface area contributed by atoms with Crippen molar-refractivity contribution in [2.45, 2.75) is 24.3 Å². The average molecular weight is 399 g/mol. The highest BCUT2D eigenvalue weighted by molar-refractivity contribution is 7.99. The zero-order valence-corrected chi connectivity index (χ0v) is 16.2. The molecule has 27 heavy (non-hydrogen) atoms. The number of nitrogens with zero attached hydrogens (tertiary/aromatic N) is 4. The Morgan fingerprint density at radius 1 is 0.815 bits per heavy atom. The van der Waals surface area contributed by atoms with Gasteiger partial charge in [-0.3, -0.25) is 0 Å². The molecule has 0 bridgehead atoms. The number of thioether (sulfide) groups is 1. The van der Waals surface area contributed by atoms with Crippen molar-refractivity contribution in [1.29, 1.82) is 0 Å². The second kappa shape index (κ2) is 7.54. The van der Waals surface area contributed by atoms with E-state index in [1.807, 2.05) is 50.2 Å². The number of rotatable bonds is 5. The molecule has 2 heterocycles. The first-order valence-corrected chi connectivity index (χ1v) is 9.51. The molecular formula is C19H15ClN4O2S. The molecule has 136 valence electrons. The molecule has 2 aromatic carbocycles. The van der Waals surface area contributed by atoms with Gasteiger partial charge in [-0.25, -0.2) is 0 Å². The van der Waals surface area contributed by atoms with Crippen LogP contribution in [0.4, 0.5) is 0 Å². The minimum Gasteiger partial charge on any atom is -0.419 e. The minimum atomic E-state index is -0.129. The van der Waals surface area contributed by atoms with Gasteiger partial charge in [-0.2, -0.15) is 0 Å². The smallest absolute Gasteiger partial charge is 0.277 e. The Morgan fingerprint density at radius 3 is 2.11 bits per heavy atom. The van der Waals surface area contributed by atoms with Gasteiger partial charge in [0.25, 0.3) is 5.22 Å². The number of hydrogen-bond acceptors (Lipinski definition) is 7. The maximum atomic E-state index is 5.90. The molecule has 0 aliphatic heterocycles. The van der Waals surface area contributed by atoms with Crippen LogP contribution in [-0.4, -0.2) is 20.4 Å². The molecule has 0 radical (unpaired) electrons. The number of hydrogen-bond donors (Lipinski definition) is 0. The monoisotopic (exact) mass is 398 g/mol. The van der Waals surface area contributed by atoms with Crippen LogP contribution in [0.5, 0.6) is 0 Å². The van der Waals surface area contributed by atoms with Crippen molar-refractivity contribution in [3.05, 3.63) is 65.0 Å². The first-order chi connectivity index (χ1) is 13.1. The van der Waals surface area contributed by atoms with Crippen LogP contribution in [0.25, 0.3) is 22.9 Å². The maximum absolute atomic E-state index is 5.90. The van der Waals surface area contributed by atoms with Gasteiger partial charge in [0.2, 0.25) is 17.7 Å². The molecule has 0 N–H and O–H groups in total. The van der Waals surface area contributed by atoms with Crippen molar-refractivity contribution in [2.24, 2.45) is 0 Å². The second-order valence-corrected chi connectivity index (χ2v) is 7.68. The van der Waals surface area contributed by atoms with Gasteiger partial charge in [0, 0.05) is 16.1 Å². The molecule has 0 saturated heterocycles. The van der Waals surface area contributed by atoms with Crippen LogP contribution in [-0.2, 0) is 0 Å². The van der Waals surface area contributed by atoms with E-state index in [9.17, 15) is 0 Å². The van der Waals surface area contributed by atoms with Crippen LogP contribution in [0, 0.1) is 6.92 Å². The Morgan fingerprint density at radius 2 is 1.41 bits per heavy atom. The van der Waals surface area contributed by atoms with Crippen LogP contribution in [0.15, 0.2) is 62.6 Å². The normalized spacial score (nSPS) is 12.3. The fourth-order valence-electron chi connectivity index (χ4n) is 2.38. The highest BCUT2D eigenvalue weighted by Gasteiger charge is 2.19. The largest absolute Gasteiger partial charge is 0.419 e. The van der Waals surface area contributed by atoms with E-state index in [-0.39, 0.29) is 5.25 Å². The predicted molar refractivity (Wildman–Crippen MR) is 103 cm³/mol. The van der Waals surface area contributed by atoms with E-state index < -0.39 is 0 Å². The van der Waals surface area contributed by atoms with Crippen LogP contribution in [0.2, 0.25) is 5.02 Å². The van der Waals surface area contributed by atoms with Crippen molar-refractivity contribution in [3.63, 3.8) is 0 Å².